The van der Waals surface area contributed by atoms with E-state index >= 15 is 0 Å². The summed E-state index contributed by atoms with van der Waals surface area (Å²) in [6.45, 7) is -0.00737. The molecule has 2 fully saturated rings. The number of nitrogens with zero attached hydrogens (tertiary/aromatic N) is 1. The van der Waals surface area contributed by atoms with Crippen molar-refractivity contribution in [2.24, 2.45) is 0 Å². The standard InChI is InChI=1S/C18H20ClN3O2.2ClH/c19-15-5-6-16(18-14(15)2-1-7-20-18)24-10-17(23)22-13-8-11-3-4-12(9-13)21-11;;/h1-2,5-7,11-13,21H,3-4,8-10H2,(H,22,23);2*1H. The molecule has 4 rings (SSSR count). The molecule has 2 aliphatic heterocycles. The first-order valence-corrected chi connectivity index (χ1v) is 8.78. The Morgan fingerprint density at radius 3 is 2.69 bits per heavy atom. The van der Waals surface area contributed by atoms with Crippen LogP contribution in [0.2, 0.25) is 5.02 Å². The van der Waals surface area contributed by atoms with Crippen LogP contribution >= 0.6 is 36.4 Å². The van der Waals surface area contributed by atoms with E-state index in [1.807, 2.05) is 12.1 Å². The summed E-state index contributed by atoms with van der Waals surface area (Å²) in [5, 5.41) is 8.12. The number of amides is 1. The second-order valence-electron chi connectivity index (χ2n) is 6.61. The molecule has 2 saturated heterocycles. The fourth-order valence-electron chi connectivity index (χ4n) is 3.82. The summed E-state index contributed by atoms with van der Waals surface area (Å²) in [5.74, 6) is 0.496. The van der Waals surface area contributed by atoms with Gasteiger partial charge in [-0.2, -0.15) is 0 Å². The molecule has 0 saturated carbocycles. The second-order valence-corrected chi connectivity index (χ2v) is 7.01. The van der Waals surface area contributed by atoms with Crippen molar-refractivity contribution in [1.29, 1.82) is 0 Å². The number of hydrogen-bond acceptors (Lipinski definition) is 4. The van der Waals surface area contributed by atoms with E-state index < -0.39 is 0 Å². The van der Waals surface area contributed by atoms with Crippen LogP contribution in [0.4, 0.5) is 0 Å². The van der Waals surface area contributed by atoms with Crippen molar-refractivity contribution in [3.63, 3.8) is 0 Å². The Kier molecular flexibility index (Phi) is 7.35. The number of halogens is 3. The fourth-order valence-corrected chi connectivity index (χ4v) is 4.03. The van der Waals surface area contributed by atoms with Gasteiger partial charge in [0.25, 0.3) is 5.91 Å². The number of fused-ring (bicyclic) bond motifs is 3. The Morgan fingerprint density at radius 2 is 1.96 bits per heavy atom. The molecule has 0 aliphatic carbocycles. The van der Waals surface area contributed by atoms with Crippen molar-refractivity contribution in [2.75, 3.05) is 6.61 Å². The maximum atomic E-state index is 12.2. The molecule has 2 aromatic rings. The molecule has 2 bridgehead atoms. The molecular formula is C18H22Cl3N3O2. The molecule has 8 heteroatoms. The van der Waals surface area contributed by atoms with Gasteiger partial charge in [-0.15, -0.1) is 24.8 Å². The number of piperidine rings is 1. The van der Waals surface area contributed by atoms with Crippen molar-refractivity contribution in [2.45, 2.75) is 43.8 Å². The largest absolute Gasteiger partial charge is 0.481 e. The Morgan fingerprint density at radius 1 is 1.23 bits per heavy atom. The topological polar surface area (TPSA) is 63.2 Å². The highest BCUT2D eigenvalue weighted by atomic mass is 35.5. The van der Waals surface area contributed by atoms with Gasteiger partial charge in [0.15, 0.2) is 6.61 Å². The molecule has 1 aromatic heterocycles. The van der Waals surface area contributed by atoms with Gasteiger partial charge in [-0.25, -0.2) is 0 Å². The van der Waals surface area contributed by atoms with Crippen LogP contribution in [0, 0.1) is 0 Å². The van der Waals surface area contributed by atoms with Gasteiger partial charge in [0.1, 0.15) is 11.3 Å². The number of pyridine rings is 1. The quantitative estimate of drug-likeness (QED) is 0.797. The van der Waals surface area contributed by atoms with Gasteiger partial charge in [-0.05, 0) is 49.9 Å². The zero-order valence-corrected chi connectivity index (χ0v) is 16.5. The van der Waals surface area contributed by atoms with Crippen LogP contribution in [0.15, 0.2) is 30.5 Å². The Hall–Kier alpha value is -1.27. The van der Waals surface area contributed by atoms with Crippen molar-refractivity contribution in [1.82, 2.24) is 15.6 Å². The van der Waals surface area contributed by atoms with Gasteiger partial charge >= 0.3 is 0 Å². The maximum absolute atomic E-state index is 12.2. The summed E-state index contributed by atoms with van der Waals surface area (Å²) in [6.07, 6.45) is 6.14. The average molecular weight is 419 g/mol. The molecule has 2 aliphatic rings. The van der Waals surface area contributed by atoms with Crippen molar-refractivity contribution in [3.8, 4) is 5.75 Å². The lowest BCUT2D eigenvalue weighted by atomic mass is 10.00. The van der Waals surface area contributed by atoms with Crippen molar-refractivity contribution >= 4 is 53.2 Å². The Labute approximate surface area is 170 Å². The summed E-state index contributed by atoms with van der Waals surface area (Å²) in [7, 11) is 0. The minimum atomic E-state index is -0.0830. The molecule has 2 unspecified atom stereocenters. The fraction of sp³-hybridized carbons (Fsp3) is 0.444. The van der Waals surface area contributed by atoms with Crippen LogP contribution in [-0.2, 0) is 4.79 Å². The third kappa shape index (κ3) is 4.52. The monoisotopic (exact) mass is 417 g/mol. The molecule has 2 N–H and O–H groups in total. The number of hydrogen-bond donors (Lipinski definition) is 2. The van der Waals surface area contributed by atoms with E-state index in [-0.39, 0.29) is 43.4 Å². The smallest absolute Gasteiger partial charge is 0.258 e. The van der Waals surface area contributed by atoms with E-state index in [1.165, 1.54) is 12.8 Å². The zero-order valence-electron chi connectivity index (χ0n) is 14.1. The number of aromatic nitrogens is 1. The predicted molar refractivity (Wildman–Crippen MR) is 108 cm³/mol. The molecule has 142 valence electrons. The molecule has 1 amide bonds. The Bertz CT molecular complexity index is 762. The van der Waals surface area contributed by atoms with Crippen LogP contribution in [0.5, 0.6) is 5.75 Å². The highest BCUT2D eigenvalue weighted by molar-refractivity contribution is 6.35. The summed E-state index contributed by atoms with van der Waals surface area (Å²) >= 11 is 6.17. The highest BCUT2D eigenvalue weighted by Crippen LogP contribution is 2.30. The molecule has 3 heterocycles. The Balaban J connectivity index is 0.00000121. The summed E-state index contributed by atoms with van der Waals surface area (Å²) in [6, 6.07) is 8.61. The van der Waals surface area contributed by atoms with E-state index in [0.717, 1.165) is 18.2 Å². The number of ether oxygens (including phenoxy) is 1. The van der Waals surface area contributed by atoms with Gasteiger partial charge in [-0.3, -0.25) is 9.78 Å². The second kappa shape index (κ2) is 9.09. The van der Waals surface area contributed by atoms with Crippen LogP contribution < -0.4 is 15.4 Å². The van der Waals surface area contributed by atoms with E-state index in [9.17, 15) is 4.79 Å². The third-order valence-electron chi connectivity index (χ3n) is 4.88. The first kappa shape index (κ1) is 21.0. The van der Waals surface area contributed by atoms with Gasteiger partial charge in [0.05, 0.1) is 5.02 Å². The zero-order chi connectivity index (χ0) is 16.5. The number of nitrogens with one attached hydrogen (secondary N) is 2. The summed E-state index contributed by atoms with van der Waals surface area (Å²) in [4.78, 5) is 16.5. The normalized spacial score (nSPS) is 23.7. The highest BCUT2D eigenvalue weighted by Gasteiger charge is 2.33. The maximum Gasteiger partial charge on any atom is 0.258 e. The lowest BCUT2D eigenvalue weighted by Crippen LogP contribution is -2.48. The van der Waals surface area contributed by atoms with Gasteiger partial charge < -0.3 is 15.4 Å². The average Bonchev–Trinajstić information content (AvgIpc) is 2.93. The molecule has 26 heavy (non-hydrogen) atoms. The molecule has 0 radical (unpaired) electrons. The van der Waals surface area contributed by atoms with Crippen LogP contribution in [0.3, 0.4) is 0 Å². The van der Waals surface area contributed by atoms with E-state index in [2.05, 4.69) is 15.6 Å². The lowest BCUT2D eigenvalue weighted by Gasteiger charge is -2.29. The molecule has 5 nitrogen and oxygen atoms in total. The van der Waals surface area contributed by atoms with Gasteiger partial charge in [0.2, 0.25) is 0 Å². The lowest BCUT2D eigenvalue weighted by molar-refractivity contribution is -0.124. The SMILES string of the molecule is Cl.Cl.O=C(COc1ccc(Cl)c2cccnc12)NC1CC2CCC(C1)N2. The number of carbonyl (C=O) groups is 1. The summed E-state index contributed by atoms with van der Waals surface area (Å²) in [5.41, 5.74) is 0.678. The van der Waals surface area contributed by atoms with E-state index in [0.29, 0.717) is 28.4 Å². The molecule has 2 atom stereocenters. The first-order chi connectivity index (χ1) is 11.7. The minimum Gasteiger partial charge on any atom is -0.481 e. The van der Waals surface area contributed by atoms with Gasteiger partial charge in [-0.1, -0.05) is 11.6 Å². The van der Waals surface area contributed by atoms with Gasteiger partial charge in [0, 0.05) is 29.7 Å². The number of carbonyl (C=O) groups excluding carboxylic acids is 1. The van der Waals surface area contributed by atoms with Crippen molar-refractivity contribution in [3.05, 3.63) is 35.5 Å². The molecular weight excluding hydrogens is 397 g/mol. The van der Waals surface area contributed by atoms with Crippen molar-refractivity contribution < 1.29 is 9.53 Å². The van der Waals surface area contributed by atoms with E-state index in [4.69, 9.17) is 16.3 Å². The molecule has 0 spiro atoms. The molecule has 1 aromatic carbocycles. The first-order valence-electron chi connectivity index (χ1n) is 8.40. The van der Waals surface area contributed by atoms with Crippen LogP contribution in [0.25, 0.3) is 10.9 Å². The van der Waals surface area contributed by atoms with Crippen LogP contribution in [0.1, 0.15) is 25.7 Å². The predicted octanol–water partition coefficient (Wildman–Crippen LogP) is 3.51. The number of benzene rings is 1. The minimum absolute atomic E-state index is 0. The summed E-state index contributed by atoms with van der Waals surface area (Å²) < 4.78 is 5.70. The van der Waals surface area contributed by atoms with E-state index in [1.54, 1.807) is 18.3 Å². The number of rotatable bonds is 4. The van der Waals surface area contributed by atoms with Crippen LogP contribution in [-0.4, -0.2) is 35.6 Å². The third-order valence-corrected chi connectivity index (χ3v) is 5.21.